The molecule has 9 heteroatoms. The summed E-state index contributed by atoms with van der Waals surface area (Å²) in [6, 6.07) is 27.4. The smallest absolute Gasteiger partial charge is 0.321 e. The Kier molecular flexibility index (Phi) is 7.18. The maximum atomic E-state index is 12.0. The Hall–Kier alpha value is -4.86. The first-order chi connectivity index (χ1) is 18.9. The number of carbonyl (C=O) groups excluding carboxylic acids is 1. The number of carbonyl (C=O) groups is 1. The van der Waals surface area contributed by atoms with Crippen molar-refractivity contribution in [3.8, 4) is 23.0 Å². The van der Waals surface area contributed by atoms with Gasteiger partial charge in [0.1, 0.15) is 35.0 Å². The lowest BCUT2D eigenvalue weighted by molar-refractivity contribution is -0.141. The second-order valence-corrected chi connectivity index (χ2v) is 9.10. The van der Waals surface area contributed by atoms with Gasteiger partial charge in [-0.3, -0.25) is 4.79 Å². The molecule has 198 valence electrons. The van der Waals surface area contributed by atoms with Crippen molar-refractivity contribution in [2.24, 2.45) is 10.9 Å². The van der Waals surface area contributed by atoms with Crippen LogP contribution in [-0.2, 0) is 4.79 Å². The van der Waals surface area contributed by atoms with E-state index in [-0.39, 0.29) is 23.1 Å². The van der Waals surface area contributed by atoms with Crippen LogP contribution in [0.1, 0.15) is 46.3 Å². The second-order valence-electron chi connectivity index (χ2n) is 9.10. The number of nitrogens with zero attached hydrogens (tertiary/aromatic N) is 1. The minimum absolute atomic E-state index is 0.00286. The zero-order valence-corrected chi connectivity index (χ0v) is 20.6. The number of aliphatic hydroxyl groups excluding tert-OH is 2. The zero-order chi connectivity index (χ0) is 27.5. The van der Waals surface area contributed by atoms with Crippen molar-refractivity contribution in [1.82, 2.24) is 0 Å². The summed E-state index contributed by atoms with van der Waals surface area (Å²) >= 11 is 0. The maximum absolute atomic E-state index is 12.0. The van der Waals surface area contributed by atoms with Gasteiger partial charge >= 0.3 is 5.97 Å². The average molecular weight is 527 g/mol. The average Bonchev–Trinajstić information content (AvgIpc) is 2.94. The molecule has 0 bridgehead atoms. The minimum Gasteiger partial charge on any atom is -0.508 e. The van der Waals surface area contributed by atoms with E-state index in [9.17, 15) is 25.2 Å². The van der Waals surface area contributed by atoms with Crippen molar-refractivity contribution in [2.75, 3.05) is 0 Å². The Labute approximate surface area is 224 Å². The first kappa shape index (κ1) is 25.8. The number of rotatable bonds is 2. The molecule has 0 amide bonds. The largest absolute Gasteiger partial charge is 0.508 e. The molecule has 39 heavy (non-hydrogen) atoms. The van der Waals surface area contributed by atoms with Gasteiger partial charge in [0, 0.05) is 23.3 Å². The molecule has 6 rings (SSSR count). The van der Waals surface area contributed by atoms with Crippen LogP contribution in [0.4, 0.5) is 0 Å². The molecule has 4 atom stereocenters. The van der Waals surface area contributed by atoms with Crippen molar-refractivity contribution in [2.45, 2.75) is 24.0 Å². The van der Waals surface area contributed by atoms with E-state index in [2.05, 4.69) is 5.10 Å². The second kappa shape index (κ2) is 10.9. The number of fused-ring (bicyclic) bond motifs is 2. The summed E-state index contributed by atoms with van der Waals surface area (Å²) in [5.74, 6) is 4.53. The van der Waals surface area contributed by atoms with Crippen LogP contribution >= 0.6 is 0 Å². The molecular weight excluding hydrogens is 500 g/mol. The fourth-order valence-electron chi connectivity index (χ4n) is 4.75. The molecule has 0 saturated carbocycles. The van der Waals surface area contributed by atoms with E-state index in [4.69, 9.17) is 15.3 Å². The molecule has 9 nitrogen and oxygen atoms in total. The molecule has 0 spiro atoms. The number of hydrogen-bond acceptors (Lipinski definition) is 9. The molecule has 4 aromatic rings. The van der Waals surface area contributed by atoms with Crippen molar-refractivity contribution >= 4 is 11.9 Å². The van der Waals surface area contributed by atoms with E-state index in [0.29, 0.717) is 22.4 Å². The number of ether oxygens (including phenoxy) is 2. The standard InChI is InChI=1S/C15H14N2O3.C15H12O4/c16-17-15-13(9-4-2-1-3-5-9)14(19)11-7-6-10(18)8-12(11)20-15;16-10-6-7-11-12(8-10)19-15(18)13(14(11)17)9-4-2-1-3-5-9/h1-8,13-14,18-19H,16H2;1-8,13-14,16-17H. The normalized spacial score (nSPS) is 22.4. The third-order valence-electron chi connectivity index (χ3n) is 6.65. The van der Waals surface area contributed by atoms with E-state index in [1.165, 1.54) is 24.3 Å². The SMILES string of the molecule is NN=C1Oc2cc(O)ccc2C(O)C1c1ccccc1.O=C1Oc2cc(O)ccc2C(O)C1c1ccccc1. The zero-order valence-electron chi connectivity index (χ0n) is 20.6. The monoisotopic (exact) mass is 526 g/mol. The summed E-state index contributed by atoms with van der Waals surface area (Å²) in [6.45, 7) is 0. The Bertz CT molecular complexity index is 1510. The first-order valence-corrected chi connectivity index (χ1v) is 12.2. The van der Waals surface area contributed by atoms with Crippen LogP contribution in [0.2, 0.25) is 0 Å². The van der Waals surface area contributed by atoms with Gasteiger partial charge in [0.25, 0.3) is 0 Å². The number of hydrogen-bond donors (Lipinski definition) is 5. The van der Waals surface area contributed by atoms with Gasteiger partial charge in [0.2, 0.25) is 5.90 Å². The van der Waals surface area contributed by atoms with Crippen molar-refractivity contribution in [3.05, 3.63) is 119 Å². The van der Waals surface area contributed by atoms with Gasteiger partial charge in [0.15, 0.2) is 0 Å². The number of aliphatic hydroxyl groups is 2. The number of hydrazone groups is 1. The van der Waals surface area contributed by atoms with E-state index in [0.717, 1.165) is 5.56 Å². The Morgan fingerprint density at radius 1 is 0.641 bits per heavy atom. The molecule has 4 unspecified atom stereocenters. The number of phenols is 2. The highest BCUT2D eigenvalue weighted by molar-refractivity contribution is 5.88. The highest BCUT2D eigenvalue weighted by Gasteiger charge is 2.38. The third-order valence-corrected chi connectivity index (χ3v) is 6.65. The fraction of sp³-hybridized carbons (Fsp3) is 0.133. The first-order valence-electron chi connectivity index (χ1n) is 12.2. The number of phenolic OH excluding ortho intramolecular Hbond substituents is 2. The summed E-state index contributed by atoms with van der Waals surface area (Å²) in [5.41, 5.74) is 2.68. The number of benzene rings is 4. The topological polar surface area (TPSA) is 155 Å². The summed E-state index contributed by atoms with van der Waals surface area (Å²) in [4.78, 5) is 12.0. The number of nitrogens with two attached hydrogens (primary N) is 1. The minimum atomic E-state index is -0.973. The highest BCUT2D eigenvalue weighted by Crippen LogP contribution is 2.43. The molecule has 0 fully saturated rings. The van der Waals surface area contributed by atoms with Crippen molar-refractivity contribution in [1.29, 1.82) is 0 Å². The molecule has 0 aromatic heterocycles. The molecule has 2 heterocycles. The quantitative estimate of drug-likeness (QED) is 0.114. The maximum Gasteiger partial charge on any atom is 0.321 e. The summed E-state index contributed by atoms with van der Waals surface area (Å²) in [6.07, 6.45) is -1.80. The highest BCUT2D eigenvalue weighted by atomic mass is 16.5. The van der Waals surface area contributed by atoms with E-state index >= 15 is 0 Å². The van der Waals surface area contributed by atoms with Gasteiger partial charge in [-0.1, -0.05) is 60.7 Å². The van der Waals surface area contributed by atoms with Gasteiger partial charge in [-0.15, -0.1) is 5.10 Å². The Balaban J connectivity index is 0.000000158. The Morgan fingerprint density at radius 2 is 1.10 bits per heavy atom. The van der Waals surface area contributed by atoms with Crippen molar-refractivity contribution < 1.29 is 34.7 Å². The van der Waals surface area contributed by atoms with Gasteiger partial charge in [-0.2, -0.15) is 0 Å². The molecule has 0 aliphatic carbocycles. The van der Waals surface area contributed by atoms with E-state index < -0.39 is 30.0 Å². The van der Waals surface area contributed by atoms with Gasteiger partial charge < -0.3 is 35.7 Å². The van der Waals surface area contributed by atoms with Crippen LogP contribution in [0.25, 0.3) is 0 Å². The number of esters is 1. The van der Waals surface area contributed by atoms with Crippen LogP contribution in [0, 0.1) is 0 Å². The third kappa shape index (κ3) is 5.13. The van der Waals surface area contributed by atoms with Crippen molar-refractivity contribution in [3.63, 3.8) is 0 Å². The van der Waals surface area contributed by atoms with Crippen LogP contribution in [0.15, 0.2) is 102 Å². The van der Waals surface area contributed by atoms with Gasteiger partial charge in [-0.05, 0) is 35.4 Å². The fourth-order valence-corrected chi connectivity index (χ4v) is 4.75. The number of aromatic hydroxyl groups is 2. The molecule has 4 aromatic carbocycles. The van der Waals surface area contributed by atoms with Crippen LogP contribution < -0.4 is 15.3 Å². The van der Waals surface area contributed by atoms with Crippen LogP contribution in [0.3, 0.4) is 0 Å². The molecule has 0 saturated heterocycles. The summed E-state index contributed by atoms with van der Waals surface area (Å²) in [5, 5.41) is 43.4. The summed E-state index contributed by atoms with van der Waals surface area (Å²) in [7, 11) is 0. The van der Waals surface area contributed by atoms with E-state index in [1.807, 2.05) is 48.5 Å². The predicted octanol–water partition coefficient (Wildman–Crippen LogP) is 4.00. The molecule has 2 aliphatic rings. The predicted molar refractivity (Wildman–Crippen MR) is 142 cm³/mol. The Morgan fingerprint density at radius 3 is 1.62 bits per heavy atom. The molecule has 2 aliphatic heterocycles. The summed E-state index contributed by atoms with van der Waals surface area (Å²) < 4.78 is 10.8. The van der Waals surface area contributed by atoms with E-state index in [1.54, 1.807) is 24.3 Å². The molecular formula is C30H26N2O7. The lowest BCUT2D eigenvalue weighted by Crippen LogP contribution is -2.31. The lowest BCUT2D eigenvalue weighted by atomic mass is 9.86. The molecule has 6 N–H and O–H groups in total. The molecule has 0 radical (unpaired) electrons. The lowest BCUT2D eigenvalue weighted by Gasteiger charge is -2.31. The van der Waals surface area contributed by atoms with Crippen LogP contribution in [-0.4, -0.2) is 32.3 Å². The van der Waals surface area contributed by atoms with Gasteiger partial charge in [-0.25, -0.2) is 0 Å². The van der Waals surface area contributed by atoms with Crippen LogP contribution in [0.5, 0.6) is 23.0 Å². The van der Waals surface area contributed by atoms with Gasteiger partial charge in [0.05, 0.1) is 12.0 Å².